The first kappa shape index (κ1) is 59.5. The predicted molar refractivity (Wildman–Crippen MR) is 280 cm³/mol. The molecule has 0 heterocycles. The van der Waals surface area contributed by atoms with Crippen LogP contribution in [0, 0.1) is 0 Å². The van der Waals surface area contributed by atoms with E-state index in [2.05, 4.69) is 141 Å². The van der Waals surface area contributed by atoms with Gasteiger partial charge in [-0.2, -0.15) is 0 Å². The molecule has 0 aromatic rings. The topological polar surface area (TPSA) is 69.6 Å². The van der Waals surface area contributed by atoms with E-state index < -0.39 is 12.1 Å². The van der Waals surface area contributed by atoms with Crippen LogP contribution < -0.4 is 5.32 Å². The molecule has 3 N–H and O–H groups in total. The smallest absolute Gasteiger partial charge is 0.220 e. The van der Waals surface area contributed by atoms with Gasteiger partial charge in [-0.15, -0.1) is 0 Å². The zero-order valence-electron chi connectivity index (χ0n) is 40.8. The van der Waals surface area contributed by atoms with E-state index in [1.165, 1.54) is 103 Å². The Kier molecular flexibility index (Phi) is 50.0. The quantitative estimate of drug-likeness (QED) is 0.0422. The molecule has 356 valence electrons. The van der Waals surface area contributed by atoms with Crippen LogP contribution in [0.25, 0.3) is 0 Å². The molecule has 0 saturated heterocycles. The van der Waals surface area contributed by atoms with Gasteiger partial charge in [-0.3, -0.25) is 4.79 Å². The standard InChI is InChI=1S/C59H97NO3/c1-3-5-7-9-11-13-15-17-19-21-23-25-27-28-29-30-31-32-33-35-37-39-41-43-45-47-49-51-53-55-59(63)60-57(56-61)58(62)54-52-50-48-46-44-42-40-38-36-34-26-24-22-20-18-16-14-12-10-8-6-4-2/h5,7,11,13,17,19,23,25,28-29,31-32,35,37,41,43-44,46-47,49,52,54,57-58,61-62H,3-4,6,8-10,12,14-16,18,20-22,24,26-27,30,33-34,36,38-40,42,45,48,50-51,53,55-56H2,1-2H3,(H,60,63)/b7-5-,13-11-,19-17-,25-23-,29-28-,32-31-,37-35-,43-41-,46-44+,49-47-,54-52+. The van der Waals surface area contributed by atoms with E-state index >= 15 is 0 Å². The van der Waals surface area contributed by atoms with Crippen molar-refractivity contribution in [2.75, 3.05) is 6.61 Å². The Hall–Kier alpha value is -3.47. The Bertz CT molecular complexity index is 1310. The van der Waals surface area contributed by atoms with Crippen molar-refractivity contribution in [1.82, 2.24) is 5.32 Å². The molecule has 2 unspecified atom stereocenters. The fourth-order valence-electron chi connectivity index (χ4n) is 6.96. The van der Waals surface area contributed by atoms with E-state index in [0.717, 1.165) is 89.9 Å². The highest BCUT2D eigenvalue weighted by atomic mass is 16.3. The van der Waals surface area contributed by atoms with E-state index in [-0.39, 0.29) is 12.5 Å². The lowest BCUT2D eigenvalue weighted by molar-refractivity contribution is -0.122. The van der Waals surface area contributed by atoms with Gasteiger partial charge in [0.15, 0.2) is 0 Å². The number of carbonyl (C=O) groups excluding carboxylic acids is 1. The number of carbonyl (C=O) groups is 1. The summed E-state index contributed by atoms with van der Waals surface area (Å²) in [7, 11) is 0. The summed E-state index contributed by atoms with van der Waals surface area (Å²) in [6.07, 6.45) is 83.0. The summed E-state index contributed by atoms with van der Waals surface area (Å²) < 4.78 is 0. The molecule has 0 saturated carbocycles. The monoisotopic (exact) mass is 868 g/mol. The van der Waals surface area contributed by atoms with Crippen molar-refractivity contribution in [3.8, 4) is 0 Å². The SMILES string of the molecule is CC/C=C\C/C=C\C/C=C\C/C=C\C/C=C\C/C=C\C/C=C\C/C=C\C/C=C\CCCC(=O)NC(CO)C(O)/C=C/CC/C=C/CCCCCCCCCCCCCCCCCC. The number of hydrogen-bond acceptors (Lipinski definition) is 3. The lowest BCUT2D eigenvalue weighted by Crippen LogP contribution is -2.45. The maximum Gasteiger partial charge on any atom is 0.220 e. The van der Waals surface area contributed by atoms with Crippen LogP contribution in [0.4, 0.5) is 0 Å². The zero-order valence-corrected chi connectivity index (χ0v) is 40.8. The van der Waals surface area contributed by atoms with Gasteiger partial charge in [-0.25, -0.2) is 0 Å². The maximum atomic E-state index is 12.4. The van der Waals surface area contributed by atoms with E-state index in [1.54, 1.807) is 6.08 Å². The van der Waals surface area contributed by atoms with E-state index in [9.17, 15) is 15.0 Å². The third-order valence-electron chi connectivity index (χ3n) is 10.9. The molecule has 0 aromatic heterocycles. The average Bonchev–Trinajstić information content (AvgIpc) is 3.29. The second kappa shape index (κ2) is 52.9. The van der Waals surface area contributed by atoms with Crippen LogP contribution in [0.5, 0.6) is 0 Å². The van der Waals surface area contributed by atoms with Crippen LogP contribution in [0.1, 0.15) is 213 Å². The lowest BCUT2D eigenvalue weighted by atomic mass is 10.0. The van der Waals surface area contributed by atoms with Gasteiger partial charge in [0.25, 0.3) is 0 Å². The molecule has 0 aliphatic rings. The molecular weight excluding hydrogens is 771 g/mol. The Labute approximate surface area is 390 Å². The van der Waals surface area contributed by atoms with E-state index in [1.807, 2.05) is 6.08 Å². The second-order valence-electron chi connectivity index (χ2n) is 16.8. The van der Waals surface area contributed by atoms with Crippen molar-refractivity contribution in [2.45, 2.75) is 225 Å². The van der Waals surface area contributed by atoms with Gasteiger partial charge in [0, 0.05) is 6.42 Å². The van der Waals surface area contributed by atoms with Crippen molar-refractivity contribution in [1.29, 1.82) is 0 Å². The number of aliphatic hydroxyl groups is 2. The predicted octanol–water partition coefficient (Wildman–Crippen LogP) is 17.1. The summed E-state index contributed by atoms with van der Waals surface area (Å²) in [5.74, 6) is -0.136. The van der Waals surface area contributed by atoms with Gasteiger partial charge in [0.1, 0.15) is 0 Å². The molecule has 4 nitrogen and oxygen atoms in total. The summed E-state index contributed by atoms with van der Waals surface area (Å²) >= 11 is 0. The van der Waals surface area contributed by atoms with E-state index in [0.29, 0.717) is 6.42 Å². The first-order chi connectivity index (χ1) is 31.2. The van der Waals surface area contributed by atoms with Gasteiger partial charge in [-0.05, 0) is 96.3 Å². The first-order valence-corrected chi connectivity index (χ1v) is 25.9. The molecule has 0 fully saturated rings. The molecule has 0 aliphatic carbocycles. The summed E-state index contributed by atoms with van der Waals surface area (Å²) in [6, 6.07) is -0.681. The van der Waals surface area contributed by atoms with Crippen molar-refractivity contribution in [3.05, 3.63) is 134 Å². The summed E-state index contributed by atoms with van der Waals surface area (Å²) in [4.78, 5) is 12.4. The molecule has 0 spiro atoms. The summed E-state index contributed by atoms with van der Waals surface area (Å²) in [6.45, 7) is 4.16. The molecule has 63 heavy (non-hydrogen) atoms. The lowest BCUT2D eigenvalue weighted by Gasteiger charge is -2.19. The number of hydrogen-bond donors (Lipinski definition) is 3. The zero-order chi connectivity index (χ0) is 45.6. The minimum Gasteiger partial charge on any atom is -0.394 e. The largest absolute Gasteiger partial charge is 0.394 e. The number of amides is 1. The summed E-state index contributed by atoms with van der Waals surface area (Å²) in [5, 5.41) is 23.0. The fourth-order valence-corrected chi connectivity index (χ4v) is 6.96. The number of rotatable bonds is 45. The van der Waals surface area contributed by atoms with Crippen LogP contribution in [-0.4, -0.2) is 34.9 Å². The third kappa shape index (κ3) is 49.4. The van der Waals surface area contributed by atoms with Gasteiger partial charge >= 0.3 is 0 Å². The van der Waals surface area contributed by atoms with Crippen molar-refractivity contribution >= 4 is 5.91 Å². The molecule has 0 aliphatic heterocycles. The van der Waals surface area contributed by atoms with Crippen molar-refractivity contribution in [3.63, 3.8) is 0 Å². The first-order valence-electron chi connectivity index (χ1n) is 25.9. The number of nitrogens with one attached hydrogen (secondary N) is 1. The van der Waals surface area contributed by atoms with Gasteiger partial charge in [0.2, 0.25) is 5.91 Å². The fraction of sp³-hybridized carbons (Fsp3) is 0.610. The van der Waals surface area contributed by atoms with Crippen LogP contribution in [0.2, 0.25) is 0 Å². The maximum absolute atomic E-state index is 12.4. The number of unbranched alkanes of at least 4 members (excludes halogenated alkanes) is 18. The summed E-state index contributed by atoms with van der Waals surface area (Å²) in [5.41, 5.74) is 0. The third-order valence-corrected chi connectivity index (χ3v) is 10.9. The molecule has 0 aromatic carbocycles. The molecule has 1 amide bonds. The van der Waals surface area contributed by atoms with Crippen LogP contribution in [0.3, 0.4) is 0 Å². The highest BCUT2D eigenvalue weighted by Gasteiger charge is 2.17. The molecule has 4 heteroatoms. The Morgan fingerprint density at radius 2 is 0.714 bits per heavy atom. The van der Waals surface area contributed by atoms with Gasteiger partial charge in [0.05, 0.1) is 18.8 Å². The Morgan fingerprint density at radius 3 is 1.11 bits per heavy atom. The average molecular weight is 868 g/mol. The van der Waals surface area contributed by atoms with E-state index in [4.69, 9.17) is 0 Å². The van der Waals surface area contributed by atoms with Crippen molar-refractivity contribution < 1.29 is 15.0 Å². The minimum atomic E-state index is -0.897. The normalized spacial score (nSPS) is 14.0. The van der Waals surface area contributed by atoms with Crippen LogP contribution in [0.15, 0.2) is 134 Å². The highest BCUT2D eigenvalue weighted by Crippen LogP contribution is 2.14. The van der Waals surface area contributed by atoms with Crippen LogP contribution in [-0.2, 0) is 4.79 Å². The number of allylic oxidation sites excluding steroid dienone is 21. The van der Waals surface area contributed by atoms with Gasteiger partial charge in [-0.1, -0.05) is 244 Å². The molecule has 0 radical (unpaired) electrons. The highest BCUT2D eigenvalue weighted by molar-refractivity contribution is 5.76. The Balaban J connectivity index is 3.76. The number of aliphatic hydroxyl groups excluding tert-OH is 2. The second-order valence-corrected chi connectivity index (χ2v) is 16.8. The Morgan fingerprint density at radius 1 is 0.397 bits per heavy atom. The van der Waals surface area contributed by atoms with Gasteiger partial charge < -0.3 is 15.5 Å². The minimum absolute atomic E-state index is 0.136. The molecule has 0 rings (SSSR count). The molecule has 2 atom stereocenters. The molecule has 0 bridgehead atoms. The van der Waals surface area contributed by atoms with Crippen LogP contribution >= 0.6 is 0 Å². The van der Waals surface area contributed by atoms with Crippen molar-refractivity contribution in [2.24, 2.45) is 0 Å². The molecular formula is C59H97NO3.